The van der Waals surface area contributed by atoms with Gasteiger partial charge in [0.25, 0.3) is 5.91 Å². The number of carbonyl (C=O) groups is 1. The lowest BCUT2D eigenvalue weighted by molar-refractivity contribution is 0.0761. The van der Waals surface area contributed by atoms with E-state index in [9.17, 15) is 4.79 Å². The molecule has 0 spiro atoms. The first kappa shape index (κ1) is 16.8. The van der Waals surface area contributed by atoms with Crippen LogP contribution in [0.25, 0.3) is 0 Å². The van der Waals surface area contributed by atoms with Crippen LogP contribution >= 0.6 is 34.5 Å². The fourth-order valence-corrected chi connectivity index (χ4v) is 4.19. The SMILES string of the molecule is Cn1ccnc1CN1CCCN(C(=O)c2cc(Cl)sc2Cl)CC1. The average Bonchev–Trinajstić information content (AvgIpc) is 2.96. The predicted molar refractivity (Wildman–Crippen MR) is 93.3 cm³/mol. The molecule has 1 amide bonds. The first-order valence-electron chi connectivity index (χ1n) is 7.47. The van der Waals surface area contributed by atoms with E-state index in [0.717, 1.165) is 38.4 Å². The third-order valence-electron chi connectivity index (χ3n) is 4.05. The number of carbonyl (C=O) groups excluding carboxylic acids is 1. The molecule has 0 aliphatic carbocycles. The van der Waals surface area contributed by atoms with Crippen LogP contribution in [-0.4, -0.2) is 51.4 Å². The van der Waals surface area contributed by atoms with Crippen molar-refractivity contribution in [2.24, 2.45) is 7.05 Å². The van der Waals surface area contributed by atoms with Crippen molar-refractivity contribution in [3.63, 3.8) is 0 Å². The molecule has 0 unspecified atom stereocenters. The Morgan fingerprint density at radius 3 is 2.78 bits per heavy atom. The van der Waals surface area contributed by atoms with Gasteiger partial charge in [-0.3, -0.25) is 9.69 Å². The predicted octanol–water partition coefficient (Wildman–Crippen LogP) is 3.14. The molecular formula is C15H18Cl2N4OS. The molecule has 0 N–H and O–H groups in total. The number of thiophene rings is 1. The van der Waals surface area contributed by atoms with Crippen LogP contribution in [-0.2, 0) is 13.6 Å². The molecule has 2 aromatic rings. The third kappa shape index (κ3) is 3.88. The summed E-state index contributed by atoms with van der Waals surface area (Å²) in [5.74, 6) is 1.01. The lowest BCUT2D eigenvalue weighted by atomic mass is 10.3. The highest BCUT2D eigenvalue weighted by atomic mass is 35.5. The first-order valence-corrected chi connectivity index (χ1v) is 9.04. The Balaban J connectivity index is 1.63. The molecule has 23 heavy (non-hydrogen) atoms. The number of aromatic nitrogens is 2. The quantitative estimate of drug-likeness (QED) is 0.830. The number of hydrogen-bond acceptors (Lipinski definition) is 4. The molecule has 1 aliphatic rings. The van der Waals surface area contributed by atoms with Crippen molar-refractivity contribution in [2.45, 2.75) is 13.0 Å². The zero-order valence-electron chi connectivity index (χ0n) is 12.8. The van der Waals surface area contributed by atoms with Gasteiger partial charge in [0.2, 0.25) is 0 Å². The summed E-state index contributed by atoms with van der Waals surface area (Å²) in [4.78, 5) is 21.2. The zero-order valence-corrected chi connectivity index (χ0v) is 15.2. The molecule has 1 fully saturated rings. The Labute approximate surface area is 149 Å². The number of imidazole rings is 1. The van der Waals surface area contributed by atoms with Crippen LogP contribution in [0.5, 0.6) is 0 Å². The Morgan fingerprint density at radius 1 is 1.30 bits per heavy atom. The number of amides is 1. The summed E-state index contributed by atoms with van der Waals surface area (Å²) >= 11 is 13.3. The highest BCUT2D eigenvalue weighted by Gasteiger charge is 2.23. The molecule has 0 bridgehead atoms. The van der Waals surface area contributed by atoms with Gasteiger partial charge in [0.15, 0.2) is 0 Å². The molecular weight excluding hydrogens is 355 g/mol. The molecule has 0 saturated carbocycles. The number of halogens is 2. The monoisotopic (exact) mass is 372 g/mol. The Hall–Kier alpha value is -1.08. The fourth-order valence-electron chi connectivity index (χ4n) is 2.74. The van der Waals surface area contributed by atoms with Crippen molar-refractivity contribution >= 4 is 40.4 Å². The normalized spacial score (nSPS) is 16.6. The van der Waals surface area contributed by atoms with E-state index in [1.165, 1.54) is 11.3 Å². The van der Waals surface area contributed by atoms with E-state index in [0.29, 0.717) is 20.8 Å². The summed E-state index contributed by atoms with van der Waals surface area (Å²) < 4.78 is 3.04. The second-order valence-electron chi connectivity index (χ2n) is 5.61. The molecule has 1 aliphatic heterocycles. The summed E-state index contributed by atoms with van der Waals surface area (Å²) in [6, 6.07) is 1.66. The van der Waals surface area contributed by atoms with Crippen molar-refractivity contribution in [2.75, 3.05) is 26.2 Å². The van der Waals surface area contributed by atoms with Gasteiger partial charge in [-0.25, -0.2) is 4.98 Å². The van der Waals surface area contributed by atoms with Crippen molar-refractivity contribution in [1.82, 2.24) is 19.4 Å². The molecule has 0 aromatic carbocycles. The van der Waals surface area contributed by atoms with Crippen molar-refractivity contribution in [3.8, 4) is 0 Å². The Bertz CT molecular complexity index is 699. The van der Waals surface area contributed by atoms with Crippen LogP contribution in [0.15, 0.2) is 18.5 Å². The van der Waals surface area contributed by atoms with E-state index in [1.807, 2.05) is 28.9 Å². The van der Waals surface area contributed by atoms with Gasteiger partial charge in [-0.1, -0.05) is 23.2 Å². The van der Waals surface area contributed by atoms with Gasteiger partial charge in [-0.15, -0.1) is 11.3 Å². The molecule has 2 aromatic heterocycles. The zero-order chi connectivity index (χ0) is 16.4. The van der Waals surface area contributed by atoms with E-state index >= 15 is 0 Å². The highest BCUT2D eigenvalue weighted by Crippen LogP contribution is 2.32. The topological polar surface area (TPSA) is 41.4 Å². The van der Waals surface area contributed by atoms with Crippen molar-refractivity contribution in [1.29, 1.82) is 0 Å². The molecule has 3 heterocycles. The Kier molecular flexibility index (Phi) is 5.26. The van der Waals surface area contributed by atoms with Gasteiger partial charge < -0.3 is 9.47 Å². The fraction of sp³-hybridized carbons (Fsp3) is 0.467. The second kappa shape index (κ2) is 7.21. The number of aryl methyl sites for hydroxylation is 1. The lowest BCUT2D eigenvalue weighted by Gasteiger charge is -2.21. The van der Waals surface area contributed by atoms with E-state index < -0.39 is 0 Å². The van der Waals surface area contributed by atoms with Gasteiger partial charge in [-0.2, -0.15) is 0 Å². The molecule has 8 heteroatoms. The van der Waals surface area contributed by atoms with E-state index in [1.54, 1.807) is 6.07 Å². The summed E-state index contributed by atoms with van der Waals surface area (Å²) in [6.07, 6.45) is 4.70. The van der Waals surface area contributed by atoms with E-state index in [4.69, 9.17) is 23.2 Å². The standard InChI is InChI=1S/C15H18Cl2N4OS/c1-19-6-3-18-13(19)10-20-4-2-5-21(8-7-20)15(22)11-9-12(16)23-14(11)17/h3,6,9H,2,4-5,7-8,10H2,1H3. The molecule has 0 atom stereocenters. The van der Waals surface area contributed by atoms with Gasteiger partial charge in [0, 0.05) is 45.6 Å². The number of hydrogen-bond donors (Lipinski definition) is 0. The Morgan fingerprint density at radius 2 is 2.13 bits per heavy atom. The number of rotatable bonds is 3. The minimum atomic E-state index is -0.0306. The lowest BCUT2D eigenvalue weighted by Crippen LogP contribution is -2.35. The maximum absolute atomic E-state index is 12.6. The maximum atomic E-state index is 12.6. The summed E-state index contributed by atoms with van der Waals surface area (Å²) in [5, 5.41) is 0. The molecule has 1 saturated heterocycles. The first-order chi connectivity index (χ1) is 11.0. The molecule has 5 nitrogen and oxygen atoms in total. The maximum Gasteiger partial charge on any atom is 0.256 e. The van der Waals surface area contributed by atoms with Gasteiger partial charge in [0.1, 0.15) is 10.2 Å². The van der Waals surface area contributed by atoms with Gasteiger partial charge in [-0.05, 0) is 12.5 Å². The minimum absolute atomic E-state index is 0.0306. The summed E-state index contributed by atoms with van der Waals surface area (Å²) in [5.41, 5.74) is 0.513. The summed E-state index contributed by atoms with van der Waals surface area (Å²) in [7, 11) is 2.00. The van der Waals surface area contributed by atoms with Crippen LogP contribution in [0.3, 0.4) is 0 Å². The van der Waals surface area contributed by atoms with Crippen LogP contribution in [0, 0.1) is 0 Å². The van der Waals surface area contributed by atoms with Crippen molar-refractivity contribution < 1.29 is 4.79 Å². The van der Waals surface area contributed by atoms with Gasteiger partial charge in [0.05, 0.1) is 16.4 Å². The molecule has 124 valence electrons. The van der Waals surface area contributed by atoms with E-state index in [-0.39, 0.29) is 5.91 Å². The molecule has 3 rings (SSSR count). The van der Waals surface area contributed by atoms with Crippen LogP contribution in [0.2, 0.25) is 8.67 Å². The van der Waals surface area contributed by atoms with Crippen LogP contribution in [0.1, 0.15) is 22.6 Å². The highest BCUT2D eigenvalue weighted by molar-refractivity contribution is 7.20. The summed E-state index contributed by atoms with van der Waals surface area (Å²) in [6.45, 7) is 4.01. The third-order valence-corrected chi connectivity index (χ3v) is 5.54. The minimum Gasteiger partial charge on any atom is -0.337 e. The average molecular weight is 373 g/mol. The molecule has 0 radical (unpaired) electrons. The van der Waals surface area contributed by atoms with Crippen LogP contribution in [0.4, 0.5) is 0 Å². The number of nitrogens with zero attached hydrogens (tertiary/aromatic N) is 4. The van der Waals surface area contributed by atoms with E-state index in [2.05, 4.69) is 9.88 Å². The smallest absolute Gasteiger partial charge is 0.256 e. The van der Waals surface area contributed by atoms with Crippen molar-refractivity contribution in [3.05, 3.63) is 38.5 Å². The second-order valence-corrected chi connectivity index (χ2v) is 7.90. The van der Waals surface area contributed by atoms with Crippen LogP contribution < -0.4 is 0 Å². The van der Waals surface area contributed by atoms with Gasteiger partial charge >= 0.3 is 0 Å². The largest absolute Gasteiger partial charge is 0.337 e.